The van der Waals surface area contributed by atoms with E-state index in [1.165, 1.54) is 30.5 Å². The van der Waals surface area contributed by atoms with Gasteiger partial charge in [-0.2, -0.15) is 0 Å². The number of carbonyl (C=O) groups is 1. The Balaban J connectivity index is 1.46. The first-order valence-electron chi connectivity index (χ1n) is 9.43. The SMILES string of the molecule is O=C(Nc1ccc(N2CCCc3ccccc32)cn1)C1CCCCC1. The third-order valence-corrected chi connectivity index (χ3v) is 5.40. The van der Waals surface area contributed by atoms with Crippen molar-refractivity contribution in [2.45, 2.75) is 44.9 Å². The van der Waals surface area contributed by atoms with Crippen LogP contribution in [0.2, 0.25) is 0 Å². The third kappa shape index (κ3) is 3.53. The molecule has 0 bridgehead atoms. The molecule has 0 unspecified atom stereocenters. The number of hydrogen-bond donors (Lipinski definition) is 1. The number of anilines is 3. The normalized spacial score (nSPS) is 17.8. The van der Waals surface area contributed by atoms with Crippen LogP contribution in [0.5, 0.6) is 0 Å². The van der Waals surface area contributed by atoms with Crippen LogP contribution >= 0.6 is 0 Å². The fraction of sp³-hybridized carbons (Fsp3) is 0.429. The summed E-state index contributed by atoms with van der Waals surface area (Å²) in [6.45, 7) is 1.01. The van der Waals surface area contributed by atoms with Gasteiger partial charge >= 0.3 is 0 Å². The van der Waals surface area contributed by atoms with E-state index in [1.54, 1.807) is 0 Å². The molecule has 1 saturated carbocycles. The lowest BCUT2D eigenvalue weighted by Gasteiger charge is -2.31. The summed E-state index contributed by atoms with van der Waals surface area (Å²) >= 11 is 0. The average Bonchev–Trinajstić information content (AvgIpc) is 2.69. The van der Waals surface area contributed by atoms with Crippen LogP contribution in [0.15, 0.2) is 42.6 Å². The average molecular weight is 335 g/mol. The summed E-state index contributed by atoms with van der Waals surface area (Å²) in [5.74, 6) is 0.942. The molecule has 130 valence electrons. The van der Waals surface area contributed by atoms with Gasteiger partial charge in [0.15, 0.2) is 0 Å². The number of aromatic nitrogens is 1. The van der Waals surface area contributed by atoms with Crippen LogP contribution in [0.4, 0.5) is 17.2 Å². The molecule has 1 aromatic carbocycles. The number of carbonyl (C=O) groups excluding carboxylic acids is 1. The zero-order valence-electron chi connectivity index (χ0n) is 14.6. The molecular formula is C21H25N3O. The Hall–Kier alpha value is -2.36. The Morgan fingerprint density at radius 3 is 2.68 bits per heavy atom. The van der Waals surface area contributed by atoms with Crippen molar-refractivity contribution >= 4 is 23.1 Å². The summed E-state index contributed by atoms with van der Waals surface area (Å²) in [5.41, 5.74) is 3.75. The van der Waals surface area contributed by atoms with Crippen LogP contribution in [0.1, 0.15) is 44.1 Å². The minimum atomic E-state index is 0.128. The van der Waals surface area contributed by atoms with Gasteiger partial charge in [-0.25, -0.2) is 4.98 Å². The summed E-state index contributed by atoms with van der Waals surface area (Å²) in [4.78, 5) is 19.2. The number of benzene rings is 1. The maximum Gasteiger partial charge on any atom is 0.228 e. The summed E-state index contributed by atoms with van der Waals surface area (Å²) in [6, 6.07) is 12.5. The number of pyridine rings is 1. The molecule has 4 nitrogen and oxygen atoms in total. The Labute approximate surface area is 149 Å². The lowest BCUT2D eigenvalue weighted by atomic mass is 9.89. The molecule has 1 aromatic heterocycles. The van der Waals surface area contributed by atoms with E-state index in [-0.39, 0.29) is 11.8 Å². The van der Waals surface area contributed by atoms with Gasteiger partial charge in [0, 0.05) is 18.2 Å². The van der Waals surface area contributed by atoms with Crippen LogP contribution in [0, 0.1) is 5.92 Å². The molecule has 0 saturated heterocycles. The highest BCUT2D eigenvalue weighted by molar-refractivity contribution is 5.91. The summed E-state index contributed by atoms with van der Waals surface area (Å²) in [6.07, 6.45) is 9.76. The Bertz CT molecular complexity index is 735. The number of nitrogens with zero attached hydrogens (tertiary/aromatic N) is 2. The molecule has 2 heterocycles. The van der Waals surface area contributed by atoms with Crippen molar-refractivity contribution in [2.24, 2.45) is 5.92 Å². The van der Waals surface area contributed by atoms with Crippen LogP contribution < -0.4 is 10.2 Å². The van der Waals surface area contributed by atoms with Crippen molar-refractivity contribution < 1.29 is 4.79 Å². The second kappa shape index (κ2) is 7.26. The zero-order valence-corrected chi connectivity index (χ0v) is 14.6. The predicted octanol–water partition coefficient (Wildman–Crippen LogP) is 4.68. The van der Waals surface area contributed by atoms with E-state index in [9.17, 15) is 4.79 Å². The van der Waals surface area contributed by atoms with Crippen molar-refractivity contribution in [1.82, 2.24) is 4.98 Å². The van der Waals surface area contributed by atoms with Gasteiger partial charge in [0.2, 0.25) is 5.91 Å². The van der Waals surface area contributed by atoms with Crippen molar-refractivity contribution in [1.29, 1.82) is 0 Å². The van der Waals surface area contributed by atoms with Gasteiger partial charge in [0.1, 0.15) is 5.82 Å². The number of rotatable bonds is 3. The van der Waals surface area contributed by atoms with E-state index in [0.29, 0.717) is 5.82 Å². The van der Waals surface area contributed by atoms with Crippen LogP contribution in [-0.4, -0.2) is 17.4 Å². The Morgan fingerprint density at radius 2 is 1.88 bits per heavy atom. The molecule has 0 atom stereocenters. The Kier molecular flexibility index (Phi) is 4.68. The number of hydrogen-bond acceptors (Lipinski definition) is 3. The van der Waals surface area contributed by atoms with Gasteiger partial charge in [-0.05, 0) is 49.4 Å². The largest absolute Gasteiger partial charge is 0.340 e. The molecule has 4 rings (SSSR count). The molecule has 1 fully saturated rings. The number of amides is 1. The highest BCUT2D eigenvalue weighted by atomic mass is 16.1. The maximum atomic E-state index is 12.4. The second-order valence-corrected chi connectivity index (χ2v) is 7.11. The quantitative estimate of drug-likeness (QED) is 0.885. The number of fused-ring (bicyclic) bond motifs is 1. The monoisotopic (exact) mass is 335 g/mol. The predicted molar refractivity (Wildman–Crippen MR) is 101 cm³/mol. The van der Waals surface area contributed by atoms with Gasteiger partial charge in [-0.15, -0.1) is 0 Å². The van der Waals surface area contributed by atoms with E-state index in [2.05, 4.69) is 45.5 Å². The number of aryl methyl sites for hydroxylation is 1. The molecule has 1 aliphatic heterocycles. The maximum absolute atomic E-state index is 12.4. The molecule has 4 heteroatoms. The standard InChI is InChI=1S/C21H25N3O/c25-21(17-8-2-1-3-9-17)23-20-13-12-18(15-22-20)24-14-6-10-16-7-4-5-11-19(16)24/h4-5,7,11-13,15,17H,1-3,6,8-10,14H2,(H,22,23,25). The molecule has 0 spiro atoms. The van der Waals surface area contributed by atoms with Crippen molar-refractivity contribution in [2.75, 3.05) is 16.8 Å². The smallest absolute Gasteiger partial charge is 0.228 e. The molecule has 1 amide bonds. The van der Waals surface area contributed by atoms with Crippen molar-refractivity contribution in [3.8, 4) is 0 Å². The van der Waals surface area contributed by atoms with E-state index in [0.717, 1.165) is 37.9 Å². The Morgan fingerprint density at radius 1 is 1.04 bits per heavy atom. The minimum absolute atomic E-state index is 0.128. The van der Waals surface area contributed by atoms with Gasteiger partial charge < -0.3 is 10.2 Å². The summed E-state index contributed by atoms with van der Waals surface area (Å²) in [7, 11) is 0. The second-order valence-electron chi connectivity index (χ2n) is 7.11. The third-order valence-electron chi connectivity index (χ3n) is 5.40. The molecular weight excluding hydrogens is 310 g/mol. The fourth-order valence-corrected chi connectivity index (χ4v) is 4.01. The number of nitrogens with one attached hydrogen (secondary N) is 1. The van der Waals surface area contributed by atoms with Crippen LogP contribution in [0.25, 0.3) is 0 Å². The van der Waals surface area contributed by atoms with Crippen LogP contribution in [0.3, 0.4) is 0 Å². The van der Waals surface area contributed by atoms with Gasteiger partial charge in [-0.1, -0.05) is 37.5 Å². The van der Waals surface area contributed by atoms with Gasteiger partial charge in [0.25, 0.3) is 0 Å². The minimum Gasteiger partial charge on any atom is -0.340 e. The molecule has 1 N–H and O–H groups in total. The molecule has 2 aromatic rings. The van der Waals surface area contributed by atoms with Crippen LogP contribution in [-0.2, 0) is 11.2 Å². The van der Waals surface area contributed by atoms with Gasteiger partial charge in [0.05, 0.1) is 11.9 Å². The fourth-order valence-electron chi connectivity index (χ4n) is 4.01. The zero-order chi connectivity index (χ0) is 17.1. The summed E-state index contributed by atoms with van der Waals surface area (Å²) in [5, 5.41) is 2.99. The van der Waals surface area contributed by atoms with Gasteiger partial charge in [-0.3, -0.25) is 4.79 Å². The first kappa shape index (κ1) is 16.1. The molecule has 25 heavy (non-hydrogen) atoms. The molecule has 0 radical (unpaired) electrons. The van der Waals surface area contributed by atoms with Crippen molar-refractivity contribution in [3.05, 3.63) is 48.2 Å². The lowest BCUT2D eigenvalue weighted by Crippen LogP contribution is -2.26. The van der Waals surface area contributed by atoms with E-state index < -0.39 is 0 Å². The topological polar surface area (TPSA) is 45.2 Å². The van der Waals surface area contributed by atoms with E-state index in [4.69, 9.17) is 0 Å². The first-order chi connectivity index (χ1) is 12.3. The molecule has 1 aliphatic carbocycles. The van der Waals surface area contributed by atoms with E-state index in [1.807, 2.05) is 12.3 Å². The number of para-hydroxylation sites is 1. The first-order valence-corrected chi connectivity index (χ1v) is 9.43. The summed E-state index contributed by atoms with van der Waals surface area (Å²) < 4.78 is 0. The highest BCUT2D eigenvalue weighted by Crippen LogP contribution is 2.33. The van der Waals surface area contributed by atoms with Crippen molar-refractivity contribution in [3.63, 3.8) is 0 Å². The highest BCUT2D eigenvalue weighted by Gasteiger charge is 2.22. The lowest BCUT2D eigenvalue weighted by molar-refractivity contribution is -0.120. The van der Waals surface area contributed by atoms with E-state index >= 15 is 0 Å². The molecule has 2 aliphatic rings.